The molecule has 0 fully saturated rings. The predicted octanol–water partition coefficient (Wildman–Crippen LogP) is 4.92. The van der Waals surface area contributed by atoms with Crippen molar-refractivity contribution < 1.29 is 9.53 Å². The second-order valence-corrected chi connectivity index (χ2v) is 5.54. The Morgan fingerprint density at radius 2 is 1.60 bits per heavy atom. The smallest absolute Gasteiger partial charge is 0.248 e. The van der Waals surface area contributed by atoms with Gasteiger partial charge in [-0.05, 0) is 41.5 Å². The number of para-hydroxylation sites is 1. The molecule has 0 unspecified atom stereocenters. The maximum absolute atomic E-state index is 12.0. The number of carbonyl (C=O) groups excluding carboxylic acids is 1. The molecular weight excluding hydrogens is 310 g/mol. The summed E-state index contributed by atoms with van der Waals surface area (Å²) in [4.78, 5) is 12.0. The molecule has 0 radical (unpaired) electrons. The molecule has 0 aliphatic heterocycles. The Hall–Kier alpha value is -3.33. The van der Waals surface area contributed by atoms with Crippen LogP contribution in [0.2, 0.25) is 0 Å². The summed E-state index contributed by atoms with van der Waals surface area (Å²) in [6, 6.07) is 27.0. The zero-order chi connectivity index (χ0) is 17.3. The lowest BCUT2D eigenvalue weighted by Gasteiger charge is -2.07. The van der Waals surface area contributed by atoms with Crippen molar-refractivity contribution in [3.63, 3.8) is 0 Å². The number of hydrogen-bond donors (Lipinski definition) is 1. The minimum atomic E-state index is -0.165. The van der Waals surface area contributed by atoms with E-state index < -0.39 is 0 Å². The summed E-state index contributed by atoms with van der Waals surface area (Å²) in [5, 5.41) is 2.82. The van der Waals surface area contributed by atoms with Gasteiger partial charge < -0.3 is 10.1 Å². The van der Waals surface area contributed by atoms with Crippen molar-refractivity contribution in [1.29, 1.82) is 0 Å². The van der Waals surface area contributed by atoms with Crippen LogP contribution >= 0.6 is 0 Å². The summed E-state index contributed by atoms with van der Waals surface area (Å²) in [5.41, 5.74) is 2.80. The molecule has 0 heterocycles. The third-order valence-corrected chi connectivity index (χ3v) is 3.57. The number of hydrogen-bond acceptors (Lipinski definition) is 2. The van der Waals surface area contributed by atoms with Gasteiger partial charge in [0.15, 0.2) is 0 Å². The molecule has 3 nitrogen and oxygen atoms in total. The first-order valence-corrected chi connectivity index (χ1v) is 8.10. The van der Waals surface area contributed by atoms with E-state index in [1.54, 1.807) is 6.08 Å². The Labute approximate surface area is 147 Å². The van der Waals surface area contributed by atoms with Gasteiger partial charge >= 0.3 is 0 Å². The van der Waals surface area contributed by atoms with Crippen LogP contribution in [0.3, 0.4) is 0 Å². The molecule has 3 aromatic rings. The SMILES string of the molecule is O=C(/C=C/c1cccc(OCc2ccccc2)c1)Nc1ccccc1. The average molecular weight is 329 g/mol. The van der Waals surface area contributed by atoms with Crippen LogP contribution < -0.4 is 10.1 Å². The number of amides is 1. The molecule has 0 spiro atoms. The molecule has 1 N–H and O–H groups in total. The van der Waals surface area contributed by atoms with E-state index in [0.717, 1.165) is 22.6 Å². The Kier molecular flexibility index (Phi) is 5.62. The minimum absolute atomic E-state index is 0.165. The van der Waals surface area contributed by atoms with Crippen LogP contribution in [0, 0.1) is 0 Å². The summed E-state index contributed by atoms with van der Waals surface area (Å²) in [6.45, 7) is 0.516. The normalized spacial score (nSPS) is 10.6. The third-order valence-electron chi connectivity index (χ3n) is 3.57. The van der Waals surface area contributed by atoms with Crippen LogP contribution in [0.1, 0.15) is 11.1 Å². The number of rotatable bonds is 6. The Morgan fingerprint density at radius 3 is 2.36 bits per heavy atom. The van der Waals surface area contributed by atoms with Crippen LogP contribution in [0.25, 0.3) is 6.08 Å². The van der Waals surface area contributed by atoms with Crippen LogP contribution in [0.5, 0.6) is 5.75 Å². The monoisotopic (exact) mass is 329 g/mol. The van der Waals surface area contributed by atoms with E-state index in [2.05, 4.69) is 5.32 Å². The van der Waals surface area contributed by atoms with E-state index in [9.17, 15) is 4.79 Å². The van der Waals surface area contributed by atoms with E-state index in [4.69, 9.17) is 4.74 Å². The molecule has 0 saturated heterocycles. The fraction of sp³-hybridized carbons (Fsp3) is 0.0455. The zero-order valence-electron chi connectivity index (χ0n) is 13.8. The van der Waals surface area contributed by atoms with Crippen molar-refractivity contribution in [2.75, 3.05) is 5.32 Å². The maximum Gasteiger partial charge on any atom is 0.248 e. The lowest BCUT2D eigenvalue weighted by Crippen LogP contribution is -2.07. The second-order valence-electron chi connectivity index (χ2n) is 5.54. The third kappa shape index (κ3) is 5.36. The van der Waals surface area contributed by atoms with Crippen LogP contribution in [0.15, 0.2) is 91.0 Å². The number of benzene rings is 3. The molecular formula is C22H19NO2. The molecule has 0 aliphatic rings. The fourth-order valence-electron chi connectivity index (χ4n) is 2.33. The van der Waals surface area contributed by atoms with Crippen molar-refractivity contribution in [3.05, 3.63) is 102 Å². The predicted molar refractivity (Wildman–Crippen MR) is 101 cm³/mol. The highest BCUT2D eigenvalue weighted by molar-refractivity contribution is 6.01. The lowest BCUT2D eigenvalue weighted by atomic mass is 10.2. The minimum Gasteiger partial charge on any atom is -0.489 e. The molecule has 3 heteroatoms. The summed E-state index contributed by atoms with van der Waals surface area (Å²) in [7, 11) is 0. The Balaban J connectivity index is 1.58. The molecule has 124 valence electrons. The molecule has 0 atom stereocenters. The molecule has 0 bridgehead atoms. The summed E-state index contributed by atoms with van der Waals surface area (Å²) in [5.74, 6) is 0.608. The van der Waals surface area contributed by atoms with Gasteiger partial charge in [-0.25, -0.2) is 0 Å². The lowest BCUT2D eigenvalue weighted by molar-refractivity contribution is -0.111. The van der Waals surface area contributed by atoms with E-state index in [0.29, 0.717) is 6.61 Å². The maximum atomic E-state index is 12.0. The zero-order valence-corrected chi connectivity index (χ0v) is 13.8. The first kappa shape index (κ1) is 16.5. The Bertz CT molecular complexity index is 842. The van der Waals surface area contributed by atoms with E-state index in [1.807, 2.05) is 84.9 Å². The molecule has 3 rings (SSSR count). The number of ether oxygens (including phenoxy) is 1. The Morgan fingerprint density at radius 1 is 0.880 bits per heavy atom. The molecule has 0 saturated carbocycles. The van der Waals surface area contributed by atoms with Gasteiger partial charge in [0.25, 0.3) is 0 Å². The molecule has 0 aromatic heterocycles. The van der Waals surface area contributed by atoms with Gasteiger partial charge in [0, 0.05) is 11.8 Å². The van der Waals surface area contributed by atoms with Gasteiger partial charge in [0.2, 0.25) is 5.91 Å². The summed E-state index contributed by atoms with van der Waals surface area (Å²) in [6.07, 6.45) is 3.29. The first-order valence-electron chi connectivity index (χ1n) is 8.10. The largest absolute Gasteiger partial charge is 0.489 e. The average Bonchev–Trinajstić information content (AvgIpc) is 2.67. The molecule has 0 aliphatic carbocycles. The van der Waals surface area contributed by atoms with Crippen LogP contribution in [0.4, 0.5) is 5.69 Å². The molecule has 25 heavy (non-hydrogen) atoms. The first-order chi connectivity index (χ1) is 12.3. The second kappa shape index (κ2) is 8.50. The van der Waals surface area contributed by atoms with Crippen LogP contribution in [-0.2, 0) is 11.4 Å². The standard InChI is InChI=1S/C22H19NO2/c24-22(23-20-11-5-2-6-12-20)15-14-18-10-7-13-21(16-18)25-17-19-8-3-1-4-9-19/h1-16H,17H2,(H,23,24)/b15-14+. The van der Waals surface area contributed by atoms with Gasteiger partial charge in [-0.1, -0.05) is 60.7 Å². The van der Waals surface area contributed by atoms with Crippen molar-refractivity contribution in [2.24, 2.45) is 0 Å². The van der Waals surface area contributed by atoms with Gasteiger partial charge in [-0.2, -0.15) is 0 Å². The molecule has 3 aromatic carbocycles. The quantitative estimate of drug-likeness (QED) is 0.652. The highest BCUT2D eigenvalue weighted by Crippen LogP contribution is 2.16. The number of carbonyl (C=O) groups is 1. The number of anilines is 1. The van der Waals surface area contributed by atoms with E-state index >= 15 is 0 Å². The van der Waals surface area contributed by atoms with Crippen molar-refractivity contribution in [2.45, 2.75) is 6.61 Å². The van der Waals surface area contributed by atoms with Gasteiger partial charge in [0.05, 0.1) is 0 Å². The van der Waals surface area contributed by atoms with E-state index in [-0.39, 0.29) is 5.91 Å². The van der Waals surface area contributed by atoms with Crippen molar-refractivity contribution >= 4 is 17.7 Å². The van der Waals surface area contributed by atoms with Gasteiger partial charge in [0.1, 0.15) is 12.4 Å². The fourth-order valence-corrected chi connectivity index (χ4v) is 2.33. The number of nitrogens with one attached hydrogen (secondary N) is 1. The van der Waals surface area contributed by atoms with E-state index in [1.165, 1.54) is 6.08 Å². The topological polar surface area (TPSA) is 38.3 Å². The summed E-state index contributed by atoms with van der Waals surface area (Å²) < 4.78 is 5.80. The molecule has 1 amide bonds. The van der Waals surface area contributed by atoms with Gasteiger partial charge in [-0.15, -0.1) is 0 Å². The van der Waals surface area contributed by atoms with Crippen molar-refractivity contribution in [1.82, 2.24) is 0 Å². The van der Waals surface area contributed by atoms with Crippen LogP contribution in [-0.4, -0.2) is 5.91 Å². The van der Waals surface area contributed by atoms with Gasteiger partial charge in [-0.3, -0.25) is 4.79 Å². The summed E-state index contributed by atoms with van der Waals surface area (Å²) >= 11 is 0. The van der Waals surface area contributed by atoms with Crippen molar-refractivity contribution in [3.8, 4) is 5.75 Å². The highest BCUT2D eigenvalue weighted by Gasteiger charge is 1.99. The highest BCUT2D eigenvalue weighted by atomic mass is 16.5.